The van der Waals surface area contributed by atoms with Crippen LogP contribution in [0.2, 0.25) is 0 Å². The first-order valence-corrected chi connectivity index (χ1v) is 5.53. The molecule has 0 saturated carbocycles. The molecule has 6 heteroatoms. The van der Waals surface area contributed by atoms with Gasteiger partial charge >= 0.3 is 8.60 Å². The second-order valence-corrected chi connectivity index (χ2v) is 3.57. The standard InChI is InChI=1S/C8H14NO4P/c1-4-10-14(11-5-2)13-8-6-7(3)12-9-8/h6H,4-5H2,1-3H3. The van der Waals surface area contributed by atoms with Gasteiger partial charge in [0.05, 0.1) is 13.2 Å². The summed E-state index contributed by atoms with van der Waals surface area (Å²) in [6.07, 6.45) is 0. The Bertz CT molecular complexity index is 260. The molecule has 0 aliphatic carbocycles. The molecular weight excluding hydrogens is 205 g/mol. The molecule has 1 aromatic rings. The summed E-state index contributed by atoms with van der Waals surface area (Å²) < 4.78 is 20.6. The molecule has 0 atom stereocenters. The molecule has 0 bridgehead atoms. The Balaban J connectivity index is 2.46. The highest BCUT2D eigenvalue weighted by atomic mass is 31.2. The first kappa shape index (κ1) is 11.4. The smallest absolute Gasteiger partial charge is 0.398 e. The maximum absolute atomic E-state index is 5.33. The average molecular weight is 219 g/mol. The number of nitrogens with zero attached hydrogens (tertiary/aromatic N) is 1. The largest absolute Gasteiger partial charge is 0.405 e. The van der Waals surface area contributed by atoms with E-state index in [1.54, 1.807) is 13.0 Å². The summed E-state index contributed by atoms with van der Waals surface area (Å²) in [4.78, 5) is 0. The van der Waals surface area contributed by atoms with Gasteiger partial charge in [0, 0.05) is 6.07 Å². The lowest BCUT2D eigenvalue weighted by molar-refractivity contribution is 0.216. The van der Waals surface area contributed by atoms with E-state index in [9.17, 15) is 0 Å². The highest BCUT2D eigenvalue weighted by Crippen LogP contribution is 2.39. The Morgan fingerprint density at radius 2 is 2.00 bits per heavy atom. The van der Waals surface area contributed by atoms with Crippen molar-refractivity contribution in [3.63, 3.8) is 0 Å². The molecule has 0 aromatic carbocycles. The molecule has 1 heterocycles. The van der Waals surface area contributed by atoms with Crippen LogP contribution < -0.4 is 4.52 Å². The molecule has 0 aliphatic heterocycles. The number of rotatable bonds is 6. The molecule has 0 radical (unpaired) electrons. The Hall–Kier alpha value is -0.640. The van der Waals surface area contributed by atoms with Gasteiger partial charge in [0.2, 0.25) is 0 Å². The summed E-state index contributed by atoms with van der Waals surface area (Å²) in [6, 6.07) is 1.69. The van der Waals surface area contributed by atoms with Crippen molar-refractivity contribution in [2.75, 3.05) is 13.2 Å². The van der Waals surface area contributed by atoms with Crippen molar-refractivity contribution in [1.29, 1.82) is 0 Å². The van der Waals surface area contributed by atoms with Gasteiger partial charge in [0.1, 0.15) is 5.76 Å². The third-order valence-corrected chi connectivity index (χ3v) is 2.52. The van der Waals surface area contributed by atoms with Crippen LogP contribution >= 0.6 is 8.60 Å². The Kier molecular flexibility index (Phi) is 4.87. The van der Waals surface area contributed by atoms with Gasteiger partial charge in [-0.05, 0) is 25.9 Å². The molecule has 0 unspecified atom stereocenters. The lowest BCUT2D eigenvalue weighted by Crippen LogP contribution is -1.97. The van der Waals surface area contributed by atoms with Crippen molar-refractivity contribution >= 4 is 8.60 Å². The van der Waals surface area contributed by atoms with Crippen LogP contribution in [-0.4, -0.2) is 18.4 Å². The SMILES string of the molecule is CCOP(OCC)Oc1cc(C)on1. The first-order chi connectivity index (χ1) is 6.76. The van der Waals surface area contributed by atoms with Gasteiger partial charge in [-0.1, -0.05) is 0 Å². The number of aromatic nitrogens is 1. The van der Waals surface area contributed by atoms with E-state index >= 15 is 0 Å². The van der Waals surface area contributed by atoms with Crippen LogP contribution in [0.5, 0.6) is 5.88 Å². The first-order valence-electron chi connectivity index (χ1n) is 4.43. The number of hydrogen-bond donors (Lipinski definition) is 0. The topological polar surface area (TPSA) is 53.7 Å². The van der Waals surface area contributed by atoms with Crippen LogP contribution in [0.3, 0.4) is 0 Å². The molecule has 0 fully saturated rings. The third kappa shape index (κ3) is 3.62. The van der Waals surface area contributed by atoms with Crippen molar-refractivity contribution in [1.82, 2.24) is 5.16 Å². The molecule has 1 rings (SSSR count). The fourth-order valence-electron chi connectivity index (χ4n) is 0.764. The summed E-state index contributed by atoms with van der Waals surface area (Å²) in [7, 11) is -1.35. The molecule has 14 heavy (non-hydrogen) atoms. The van der Waals surface area contributed by atoms with Crippen molar-refractivity contribution in [2.24, 2.45) is 0 Å². The van der Waals surface area contributed by atoms with E-state index < -0.39 is 8.60 Å². The van der Waals surface area contributed by atoms with Gasteiger partial charge in [-0.3, -0.25) is 0 Å². The zero-order valence-electron chi connectivity index (χ0n) is 8.52. The van der Waals surface area contributed by atoms with Crippen LogP contribution in [0.15, 0.2) is 10.6 Å². The minimum Gasteiger partial charge on any atom is -0.405 e. The van der Waals surface area contributed by atoms with Crippen LogP contribution in [0.1, 0.15) is 19.6 Å². The van der Waals surface area contributed by atoms with Gasteiger partial charge in [-0.2, -0.15) is 0 Å². The van der Waals surface area contributed by atoms with Crippen molar-refractivity contribution in [3.8, 4) is 5.88 Å². The van der Waals surface area contributed by atoms with Crippen molar-refractivity contribution in [2.45, 2.75) is 20.8 Å². The van der Waals surface area contributed by atoms with E-state index in [0.29, 0.717) is 24.9 Å². The normalized spacial score (nSPS) is 10.9. The van der Waals surface area contributed by atoms with Gasteiger partial charge in [0.25, 0.3) is 5.88 Å². The van der Waals surface area contributed by atoms with E-state index in [1.165, 1.54) is 0 Å². The molecule has 0 saturated heterocycles. The maximum atomic E-state index is 5.33. The summed E-state index contributed by atoms with van der Waals surface area (Å²) in [5, 5.41) is 3.68. The van der Waals surface area contributed by atoms with Gasteiger partial charge in [-0.15, -0.1) is 0 Å². The molecule has 0 N–H and O–H groups in total. The lowest BCUT2D eigenvalue weighted by atomic mass is 10.5. The second-order valence-electron chi connectivity index (χ2n) is 2.43. The monoisotopic (exact) mass is 219 g/mol. The zero-order valence-corrected chi connectivity index (χ0v) is 9.41. The molecule has 80 valence electrons. The van der Waals surface area contributed by atoms with Crippen LogP contribution in [0, 0.1) is 6.92 Å². The minimum absolute atomic E-state index is 0.399. The fraction of sp³-hybridized carbons (Fsp3) is 0.625. The van der Waals surface area contributed by atoms with Gasteiger partial charge < -0.3 is 18.1 Å². The Morgan fingerprint density at radius 3 is 2.43 bits per heavy atom. The quantitative estimate of drug-likeness (QED) is 0.688. The highest BCUT2D eigenvalue weighted by molar-refractivity contribution is 7.42. The maximum Gasteiger partial charge on any atom is 0.398 e. The predicted octanol–water partition coefficient (Wildman–Crippen LogP) is 2.66. The highest BCUT2D eigenvalue weighted by Gasteiger charge is 2.15. The second kappa shape index (κ2) is 5.96. The van der Waals surface area contributed by atoms with E-state index in [-0.39, 0.29) is 0 Å². The number of aryl methyl sites for hydroxylation is 1. The number of hydrogen-bond acceptors (Lipinski definition) is 5. The molecule has 0 aliphatic rings. The molecular formula is C8H14NO4P. The van der Waals surface area contributed by atoms with Crippen LogP contribution in [0.4, 0.5) is 0 Å². The van der Waals surface area contributed by atoms with E-state index in [1.807, 2.05) is 13.8 Å². The third-order valence-electron chi connectivity index (χ3n) is 1.24. The van der Waals surface area contributed by atoms with E-state index in [0.717, 1.165) is 0 Å². The van der Waals surface area contributed by atoms with Crippen LogP contribution in [-0.2, 0) is 9.05 Å². The van der Waals surface area contributed by atoms with Crippen molar-refractivity contribution < 1.29 is 18.1 Å². The lowest BCUT2D eigenvalue weighted by Gasteiger charge is -2.12. The molecule has 1 aromatic heterocycles. The van der Waals surface area contributed by atoms with Crippen molar-refractivity contribution in [3.05, 3.63) is 11.8 Å². The van der Waals surface area contributed by atoms with Gasteiger partial charge in [0.15, 0.2) is 0 Å². The van der Waals surface area contributed by atoms with Gasteiger partial charge in [-0.25, -0.2) is 0 Å². The molecule has 0 amide bonds. The summed E-state index contributed by atoms with van der Waals surface area (Å²) in [5.74, 6) is 1.10. The fourth-order valence-corrected chi connectivity index (χ4v) is 1.60. The Morgan fingerprint density at radius 1 is 1.36 bits per heavy atom. The van der Waals surface area contributed by atoms with E-state index in [4.69, 9.17) is 18.1 Å². The zero-order chi connectivity index (χ0) is 10.4. The van der Waals surface area contributed by atoms with E-state index in [2.05, 4.69) is 5.16 Å². The minimum atomic E-state index is -1.35. The average Bonchev–Trinajstić information content (AvgIpc) is 2.52. The summed E-state index contributed by atoms with van der Waals surface area (Å²) >= 11 is 0. The van der Waals surface area contributed by atoms with Crippen LogP contribution in [0.25, 0.3) is 0 Å². The predicted molar refractivity (Wildman–Crippen MR) is 52.0 cm³/mol. The summed E-state index contributed by atoms with van der Waals surface area (Å²) in [6.45, 7) is 6.64. The molecule has 0 spiro atoms. The Labute approximate surface area is 84.3 Å². The summed E-state index contributed by atoms with van der Waals surface area (Å²) in [5.41, 5.74) is 0. The molecule has 5 nitrogen and oxygen atoms in total.